The Hall–Kier alpha value is -2.54. The van der Waals surface area contributed by atoms with Gasteiger partial charge in [-0.2, -0.15) is 0 Å². The second kappa shape index (κ2) is 10.7. The molecule has 0 heterocycles. The molecule has 0 atom stereocenters. The van der Waals surface area contributed by atoms with E-state index in [0.29, 0.717) is 30.4 Å². The van der Waals surface area contributed by atoms with Crippen LogP contribution >= 0.6 is 15.9 Å². The summed E-state index contributed by atoms with van der Waals surface area (Å²) in [6.07, 6.45) is 0.357. The van der Waals surface area contributed by atoms with E-state index in [1.54, 1.807) is 13.1 Å². The van der Waals surface area contributed by atoms with Crippen molar-refractivity contribution in [2.45, 2.75) is 26.7 Å². The summed E-state index contributed by atoms with van der Waals surface area (Å²) < 4.78 is 12.0. The quantitative estimate of drug-likeness (QED) is 0.612. The Balaban J connectivity index is 2.17. The van der Waals surface area contributed by atoms with Gasteiger partial charge in [0.05, 0.1) is 26.1 Å². The van der Waals surface area contributed by atoms with Crippen LogP contribution in [0.5, 0.6) is 11.5 Å². The number of para-hydroxylation sites is 1. The molecule has 6 nitrogen and oxygen atoms in total. The van der Waals surface area contributed by atoms with E-state index in [-0.39, 0.29) is 24.7 Å². The number of likely N-dealkylation sites (N-methyl/N-ethyl adjacent to an activating group) is 1. The summed E-state index contributed by atoms with van der Waals surface area (Å²) in [6, 6.07) is 10.9. The monoisotopic (exact) mass is 448 g/mol. The predicted molar refractivity (Wildman–Crippen MR) is 113 cm³/mol. The number of hydrogen-bond acceptors (Lipinski definition) is 4. The lowest BCUT2D eigenvalue weighted by molar-refractivity contribution is -0.120. The minimum atomic E-state index is -0.184. The van der Waals surface area contributed by atoms with E-state index >= 15 is 0 Å². The molecule has 0 aliphatic carbocycles. The van der Waals surface area contributed by atoms with Gasteiger partial charge >= 0.3 is 0 Å². The summed E-state index contributed by atoms with van der Waals surface area (Å²) in [5, 5.41) is 5.49. The fraction of sp³-hybridized carbons (Fsp3) is 0.333. The van der Waals surface area contributed by atoms with E-state index in [4.69, 9.17) is 9.47 Å². The average molecular weight is 449 g/mol. The molecule has 0 saturated heterocycles. The van der Waals surface area contributed by atoms with Gasteiger partial charge in [-0.05, 0) is 43.2 Å². The molecule has 7 heteroatoms. The molecule has 0 aliphatic heterocycles. The first-order valence-corrected chi connectivity index (χ1v) is 9.94. The van der Waals surface area contributed by atoms with Crippen molar-refractivity contribution in [3.05, 3.63) is 52.0 Å². The maximum Gasteiger partial charge on any atom is 0.228 e. The van der Waals surface area contributed by atoms with Crippen molar-refractivity contribution in [3.63, 3.8) is 0 Å². The van der Waals surface area contributed by atoms with Gasteiger partial charge in [0.2, 0.25) is 11.8 Å². The molecule has 0 bridgehead atoms. The first-order chi connectivity index (χ1) is 13.5. The highest BCUT2D eigenvalue weighted by atomic mass is 79.9. The minimum Gasteiger partial charge on any atom is -0.490 e. The summed E-state index contributed by atoms with van der Waals surface area (Å²) >= 11 is 3.50. The van der Waals surface area contributed by atoms with Gasteiger partial charge in [-0.3, -0.25) is 9.59 Å². The van der Waals surface area contributed by atoms with Crippen LogP contribution < -0.4 is 20.1 Å². The molecule has 0 aliphatic rings. The van der Waals surface area contributed by atoms with Crippen molar-refractivity contribution >= 4 is 33.4 Å². The zero-order valence-electron chi connectivity index (χ0n) is 16.3. The normalized spacial score (nSPS) is 10.3. The second-order valence-corrected chi connectivity index (χ2v) is 6.84. The Kier molecular flexibility index (Phi) is 8.32. The number of nitrogens with one attached hydrogen (secondary N) is 2. The molecule has 0 spiro atoms. The van der Waals surface area contributed by atoms with Gasteiger partial charge in [-0.1, -0.05) is 34.1 Å². The molecule has 150 valence electrons. The van der Waals surface area contributed by atoms with E-state index in [1.807, 2.05) is 44.2 Å². The van der Waals surface area contributed by atoms with Crippen LogP contribution in [0.15, 0.2) is 40.9 Å². The van der Waals surface area contributed by atoms with Gasteiger partial charge in [0, 0.05) is 17.2 Å². The Morgan fingerprint density at radius 1 is 0.929 bits per heavy atom. The third kappa shape index (κ3) is 5.99. The van der Waals surface area contributed by atoms with Gasteiger partial charge < -0.3 is 20.1 Å². The molecule has 0 saturated carbocycles. The fourth-order valence-corrected chi connectivity index (χ4v) is 3.14. The SMILES string of the molecule is CCOc1cc(Br)c(CC(=O)Nc2ccccc2CC(=O)NC)cc1OCC. The summed E-state index contributed by atoms with van der Waals surface area (Å²) in [6.45, 7) is 4.82. The smallest absolute Gasteiger partial charge is 0.228 e. The highest BCUT2D eigenvalue weighted by molar-refractivity contribution is 9.10. The van der Waals surface area contributed by atoms with Gasteiger partial charge in [0.15, 0.2) is 11.5 Å². The number of rotatable bonds is 9. The van der Waals surface area contributed by atoms with E-state index in [0.717, 1.165) is 15.6 Å². The number of carbonyl (C=O) groups excluding carboxylic acids is 2. The lowest BCUT2D eigenvalue weighted by Gasteiger charge is -2.15. The third-order valence-electron chi connectivity index (χ3n) is 3.98. The van der Waals surface area contributed by atoms with Crippen LogP contribution in [-0.4, -0.2) is 32.1 Å². The number of anilines is 1. The van der Waals surface area contributed by atoms with Crippen LogP contribution in [-0.2, 0) is 22.4 Å². The summed E-state index contributed by atoms with van der Waals surface area (Å²) in [5.41, 5.74) is 2.17. The molecule has 2 amide bonds. The number of halogens is 1. The van der Waals surface area contributed by atoms with Crippen LogP contribution in [0.2, 0.25) is 0 Å². The second-order valence-electron chi connectivity index (χ2n) is 5.99. The lowest BCUT2D eigenvalue weighted by atomic mass is 10.1. The topological polar surface area (TPSA) is 76.7 Å². The van der Waals surface area contributed by atoms with Crippen molar-refractivity contribution in [2.75, 3.05) is 25.6 Å². The van der Waals surface area contributed by atoms with Gasteiger partial charge in [-0.15, -0.1) is 0 Å². The van der Waals surface area contributed by atoms with Crippen molar-refractivity contribution in [2.24, 2.45) is 0 Å². The van der Waals surface area contributed by atoms with Crippen LogP contribution in [0.4, 0.5) is 5.69 Å². The molecule has 0 radical (unpaired) electrons. The van der Waals surface area contributed by atoms with Gasteiger partial charge in [-0.25, -0.2) is 0 Å². The van der Waals surface area contributed by atoms with Crippen LogP contribution in [0, 0.1) is 0 Å². The molecular weight excluding hydrogens is 424 g/mol. The molecule has 2 rings (SSSR count). The number of ether oxygens (including phenoxy) is 2. The maximum absolute atomic E-state index is 12.6. The van der Waals surface area contributed by atoms with Crippen molar-refractivity contribution in [1.29, 1.82) is 0 Å². The highest BCUT2D eigenvalue weighted by Gasteiger charge is 2.15. The maximum atomic E-state index is 12.6. The highest BCUT2D eigenvalue weighted by Crippen LogP contribution is 2.34. The minimum absolute atomic E-state index is 0.114. The van der Waals surface area contributed by atoms with Crippen LogP contribution in [0.1, 0.15) is 25.0 Å². The number of hydrogen-bond donors (Lipinski definition) is 2. The Bertz CT molecular complexity index is 839. The number of amides is 2. The molecule has 28 heavy (non-hydrogen) atoms. The van der Waals surface area contributed by atoms with Crippen molar-refractivity contribution in [1.82, 2.24) is 5.32 Å². The Morgan fingerprint density at radius 3 is 2.18 bits per heavy atom. The lowest BCUT2D eigenvalue weighted by Crippen LogP contribution is -2.22. The van der Waals surface area contributed by atoms with E-state index in [2.05, 4.69) is 26.6 Å². The summed E-state index contributed by atoms with van der Waals surface area (Å²) in [4.78, 5) is 24.3. The Morgan fingerprint density at radius 2 is 1.54 bits per heavy atom. The number of carbonyl (C=O) groups is 2. The zero-order chi connectivity index (χ0) is 20.5. The van der Waals surface area contributed by atoms with E-state index < -0.39 is 0 Å². The summed E-state index contributed by atoms with van der Waals surface area (Å²) in [5.74, 6) is 0.945. The molecule has 2 aromatic rings. The first-order valence-electron chi connectivity index (χ1n) is 9.14. The van der Waals surface area contributed by atoms with E-state index in [9.17, 15) is 9.59 Å². The van der Waals surface area contributed by atoms with Gasteiger partial charge in [0.25, 0.3) is 0 Å². The summed E-state index contributed by atoms with van der Waals surface area (Å²) in [7, 11) is 1.59. The van der Waals surface area contributed by atoms with E-state index in [1.165, 1.54) is 0 Å². The fourth-order valence-electron chi connectivity index (χ4n) is 2.67. The number of benzene rings is 2. The molecular formula is C21H25BrN2O4. The third-order valence-corrected chi connectivity index (χ3v) is 4.72. The average Bonchev–Trinajstić information content (AvgIpc) is 2.67. The van der Waals surface area contributed by atoms with Crippen molar-refractivity contribution in [3.8, 4) is 11.5 Å². The molecule has 0 fully saturated rings. The van der Waals surface area contributed by atoms with Gasteiger partial charge in [0.1, 0.15) is 0 Å². The zero-order valence-corrected chi connectivity index (χ0v) is 17.9. The first kappa shape index (κ1) is 21.8. The van der Waals surface area contributed by atoms with Crippen molar-refractivity contribution < 1.29 is 19.1 Å². The van der Waals surface area contributed by atoms with Crippen LogP contribution in [0.3, 0.4) is 0 Å². The predicted octanol–water partition coefficient (Wildman–Crippen LogP) is 3.72. The molecule has 2 aromatic carbocycles. The standard InChI is InChI=1S/C21H25BrN2O4/c1-4-27-18-10-15(16(22)13-19(18)28-5-2)12-21(26)24-17-9-7-6-8-14(17)11-20(25)23-3/h6-10,13H,4-5,11-12H2,1-3H3,(H,23,25)(H,24,26). The van der Waals surface area contributed by atoms with Crippen LogP contribution in [0.25, 0.3) is 0 Å². The molecule has 0 unspecified atom stereocenters. The molecule has 2 N–H and O–H groups in total. The molecule has 0 aromatic heterocycles. The largest absolute Gasteiger partial charge is 0.490 e. The Labute approximate surface area is 173 Å².